The molecule has 0 spiro atoms. The average Bonchev–Trinajstić information content (AvgIpc) is 2.85. The van der Waals surface area contributed by atoms with Gasteiger partial charge in [-0.1, -0.05) is 40.0 Å². The molecule has 3 aromatic rings. The second-order valence-corrected chi connectivity index (χ2v) is 10.4. The van der Waals surface area contributed by atoms with E-state index in [1.165, 1.54) is 6.42 Å². The summed E-state index contributed by atoms with van der Waals surface area (Å²) in [6, 6.07) is 13.8. The predicted molar refractivity (Wildman–Crippen MR) is 147 cm³/mol. The average molecular weight is 560 g/mol. The maximum absolute atomic E-state index is 13.1. The molecule has 0 radical (unpaired) electrons. The summed E-state index contributed by atoms with van der Waals surface area (Å²) >= 11 is 0. The first-order valence-electron chi connectivity index (χ1n) is 13.3. The topological polar surface area (TPSA) is 53.7 Å². The van der Waals surface area contributed by atoms with Gasteiger partial charge in [-0.2, -0.15) is 0 Å². The lowest BCUT2D eigenvalue weighted by Crippen LogP contribution is -3.00. The minimum Gasteiger partial charge on any atom is -1.00 e. The molecule has 1 heterocycles. The van der Waals surface area contributed by atoms with E-state index in [9.17, 15) is 9.90 Å². The zero-order valence-electron chi connectivity index (χ0n) is 22.6. The van der Waals surface area contributed by atoms with Crippen LogP contribution < -0.4 is 27.3 Å². The quantitative estimate of drug-likeness (QED) is 0.323. The fraction of sp³-hybridized carbons (Fsp3) is 0.500. The molecule has 0 aliphatic heterocycles. The van der Waals surface area contributed by atoms with E-state index < -0.39 is 0 Å². The van der Waals surface area contributed by atoms with Gasteiger partial charge in [0.1, 0.15) is 12.1 Å². The van der Waals surface area contributed by atoms with Crippen molar-refractivity contribution in [1.82, 2.24) is 0 Å². The van der Waals surface area contributed by atoms with Crippen LogP contribution in [0.25, 0.3) is 22.3 Å². The summed E-state index contributed by atoms with van der Waals surface area (Å²) in [7, 11) is 4.41. The number of unbranched alkanes of at least 4 members (excludes halogenated alkanes) is 3. The molecular weight excluding hydrogens is 516 g/mol. The Labute approximate surface area is 227 Å². The van der Waals surface area contributed by atoms with Gasteiger partial charge in [-0.15, -0.1) is 0 Å². The number of rotatable bonds is 13. The molecule has 0 unspecified atom stereocenters. The molecule has 1 N–H and O–H groups in total. The van der Waals surface area contributed by atoms with Crippen molar-refractivity contribution in [3.63, 3.8) is 0 Å². The molecule has 1 aromatic heterocycles. The molecule has 0 bridgehead atoms. The van der Waals surface area contributed by atoms with Gasteiger partial charge in [-0.25, -0.2) is 0 Å². The van der Waals surface area contributed by atoms with Crippen molar-refractivity contribution in [2.45, 2.75) is 65.8 Å². The summed E-state index contributed by atoms with van der Waals surface area (Å²) < 4.78 is 6.93. The van der Waals surface area contributed by atoms with Crippen molar-refractivity contribution in [1.29, 1.82) is 0 Å². The number of halogens is 1. The van der Waals surface area contributed by atoms with E-state index in [2.05, 4.69) is 51.9 Å². The van der Waals surface area contributed by atoms with Crippen LogP contribution in [0.4, 0.5) is 5.69 Å². The molecule has 0 aliphatic rings. The highest BCUT2D eigenvalue weighted by Gasteiger charge is 2.19. The van der Waals surface area contributed by atoms with Gasteiger partial charge < -0.3 is 35.9 Å². The van der Waals surface area contributed by atoms with E-state index in [4.69, 9.17) is 4.42 Å². The Morgan fingerprint density at radius 1 is 0.889 bits per heavy atom. The van der Waals surface area contributed by atoms with Crippen LogP contribution in [0, 0.1) is 0 Å². The van der Waals surface area contributed by atoms with E-state index >= 15 is 0 Å². The van der Waals surface area contributed by atoms with E-state index in [-0.39, 0.29) is 33.9 Å². The van der Waals surface area contributed by atoms with Crippen molar-refractivity contribution in [2.24, 2.45) is 0 Å². The lowest BCUT2D eigenvalue weighted by atomic mass is 10.1. The van der Waals surface area contributed by atoms with Gasteiger partial charge in [0.25, 0.3) is 0 Å². The highest BCUT2D eigenvalue weighted by Crippen LogP contribution is 2.32. The number of fused-ring (bicyclic) bond motifs is 1. The summed E-state index contributed by atoms with van der Waals surface area (Å²) in [6.07, 6.45) is 6.96. The number of benzene rings is 2. The lowest BCUT2D eigenvalue weighted by molar-refractivity contribution is -0.903. The van der Waals surface area contributed by atoms with Crippen LogP contribution >= 0.6 is 0 Å². The lowest BCUT2D eigenvalue weighted by Gasteiger charge is -2.29. The van der Waals surface area contributed by atoms with Crippen molar-refractivity contribution >= 4 is 16.7 Å². The summed E-state index contributed by atoms with van der Waals surface area (Å²) in [5.41, 5.74) is 3.06. The van der Waals surface area contributed by atoms with Crippen LogP contribution in [-0.2, 0) is 6.54 Å². The second kappa shape index (κ2) is 13.8. The molecule has 0 aliphatic carbocycles. The maximum Gasteiger partial charge on any atom is 0.235 e. The van der Waals surface area contributed by atoms with Crippen LogP contribution in [0.1, 0.15) is 64.9 Å². The molecule has 0 atom stereocenters. The zero-order valence-corrected chi connectivity index (χ0v) is 24.2. The molecule has 0 saturated carbocycles. The van der Waals surface area contributed by atoms with Crippen LogP contribution in [-0.4, -0.2) is 43.3 Å². The Hall–Kier alpha value is -2.31. The van der Waals surface area contributed by atoms with E-state index in [0.717, 1.165) is 74.0 Å². The number of anilines is 1. The summed E-state index contributed by atoms with van der Waals surface area (Å²) in [4.78, 5) is 15.5. The first kappa shape index (κ1) is 29.9. The number of aromatic hydroxyl groups is 1. The number of quaternary nitrogens is 1. The minimum absolute atomic E-state index is 0. The van der Waals surface area contributed by atoms with Gasteiger partial charge in [0.2, 0.25) is 11.2 Å². The minimum atomic E-state index is -0.376. The van der Waals surface area contributed by atoms with Crippen molar-refractivity contribution in [3.8, 4) is 17.1 Å². The molecule has 0 amide bonds. The van der Waals surface area contributed by atoms with E-state index in [1.54, 1.807) is 0 Å². The molecular formula is C30H43BrN2O3. The summed E-state index contributed by atoms with van der Waals surface area (Å²) in [5.74, 6) is -0.0921. The number of nitrogens with zero attached hydrogens (tertiary/aromatic N) is 2. The molecule has 6 heteroatoms. The maximum atomic E-state index is 13.1. The normalized spacial score (nSPS) is 11.5. The number of hydrogen-bond donors (Lipinski definition) is 1. The zero-order chi connectivity index (χ0) is 25.4. The molecule has 0 saturated heterocycles. The van der Waals surface area contributed by atoms with Crippen LogP contribution in [0.5, 0.6) is 5.75 Å². The van der Waals surface area contributed by atoms with Crippen LogP contribution in [0.15, 0.2) is 51.7 Å². The SMILES string of the molecule is CCCCN(CCCC)c1ccc(-c2oc3ccc(C[N+](C)(C)CCCC)cc3c(=O)c2O)cc1.[Br-]. The Morgan fingerprint density at radius 2 is 1.50 bits per heavy atom. The van der Waals surface area contributed by atoms with Gasteiger partial charge in [0, 0.05) is 29.9 Å². The smallest absolute Gasteiger partial charge is 0.235 e. The molecule has 5 nitrogen and oxygen atoms in total. The molecule has 2 aromatic carbocycles. The predicted octanol–water partition coefficient (Wildman–Crippen LogP) is 3.95. The van der Waals surface area contributed by atoms with Crippen LogP contribution in [0.3, 0.4) is 0 Å². The second-order valence-electron chi connectivity index (χ2n) is 10.4. The van der Waals surface area contributed by atoms with Gasteiger partial charge >= 0.3 is 0 Å². The van der Waals surface area contributed by atoms with Gasteiger partial charge in [-0.05, 0) is 61.7 Å². The van der Waals surface area contributed by atoms with Crippen molar-refractivity contribution < 1.29 is 31.0 Å². The van der Waals surface area contributed by atoms with E-state index in [1.807, 2.05) is 30.3 Å². The third-order valence-corrected chi connectivity index (χ3v) is 6.72. The molecule has 198 valence electrons. The van der Waals surface area contributed by atoms with Crippen LogP contribution in [0.2, 0.25) is 0 Å². The fourth-order valence-electron chi connectivity index (χ4n) is 4.58. The Kier molecular flexibility index (Phi) is 11.5. The number of hydrogen-bond acceptors (Lipinski definition) is 4. The monoisotopic (exact) mass is 558 g/mol. The third-order valence-electron chi connectivity index (χ3n) is 6.72. The largest absolute Gasteiger partial charge is 1.00 e. The standard InChI is InChI=1S/C30H42N2O3.BrH/c1-6-9-18-31(19-10-7-2)25-15-13-24(14-16-25)30-29(34)28(33)26-21-23(12-17-27(26)35-30)22-32(4,5)20-11-8-3;/h12-17,21H,6-11,18-20,22H2,1-5H3;1H. The third kappa shape index (κ3) is 7.59. The molecule has 36 heavy (non-hydrogen) atoms. The first-order valence-corrected chi connectivity index (χ1v) is 13.3. The molecule has 3 rings (SSSR count). The highest BCUT2D eigenvalue weighted by atomic mass is 79.9. The Morgan fingerprint density at radius 3 is 2.08 bits per heavy atom. The Bertz CT molecular complexity index is 1150. The van der Waals surface area contributed by atoms with Gasteiger partial charge in [0.15, 0.2) is 5.76 Å². The van der Waals surface area contributed by atoms with E-state index in [0.29, 0.717) is 16.5 Å². The first-order chi connectivity index (χ1) is 16.8. The van der Waals surface area contributed by atoms with Gasteiger partial charge in [0.05, 0.1) is 26.0 Å². The fourth-order valence-corrected chi connectivity index (χ4v) is 4.58. The van der Waals surface area contributed by atoms with Crippen molar-refractivity contribution in [3.05, 3.63) is 58.3 Å². The van der Waals surface area contributed by atoms with Crippen molar-refractivity contribution in [2.75, 3.05) is 38.6 Å². The summed E-state index contributed by atoms with van der Waals surface area (Å²) in [6.45, 7) is 10.6. The summed E-state index contributed by atoms with van der Waals surface area (Å²) in [5, 5.41) is 11.2. The molecule has 0 fully saturated rings. The highest BCUT2D eigenvalue weighted by molar-refractivity contribution is 5.82. The Balaban J connectivity index is 0.00000456. The van der Waals surface area contributed by atoms with Gasteiger partial charge in [-0.3, -0.25) is 4.79 Å².